The molecule has 0 aliphatic carbocycles. The van der Waals surface area contributed by atoms with Crippen LogP contribution in [0.25, 0.3) is 0 Å². The molecule has 1 heterocycles. The molecule has 70 valence electrons. The quantitative estimate of drug-likeness (QED) is 0.661. The molecular formula is C9H13N3O. The van der Waals surface area contributed by atoms with Gasteiger partial charge in [-0.1, -0.05) is 0 Å². The predicted molar refractivity (Wildman–Crippen MR) is 51.5 cm³/mol. The molecule has 1 atom stereocenters. The van der Waals surface area contributed by atoms with Gasteiger partial charge >= 0.3 is 0 Å². The van der Waals surface area contributed by atoms with Crippen molar-refractivity contribution in [1.82, 2.24) is 10.3 Å². The Morgan fingerprint density at radius 3 is 2.92 bits per heavy atom. The Morgan fingerprint density at radius 1 is 1.69 bits per heavy atom. The highest BCUT2D eigenvalue weighted by Crippen LogP contribution is 2.09. The minimum absolute atomic E-state index is 0.0342. The summed E-state index contributed by atoms with van der Waals surface area (Å²) in [4.78, 5) is 15.5. The van der Waals surface area contributed by atoms with E-state index < -0.39 is 0 Å². The van der Waals surface area contributed by atoms with Crippen molar-refractivity contribution in [3.8, 4) is 0 Å². The Balaban J connectivity index is 2.95. The number of rotatable bonds is 3. The Kier molecular flexibility index (Phi) is 2.97. The molecule has 0 saturated carbocycles. The summed E-state index contributed by atoms with van der Waals surface area (Å²) in [5.74, 6) is 0.253. The summed E-state index contributed by atoms with van der Waals surface area (Å²) in [6.45, 7) is 1.79. The summed E-state index contributed by atoms with van der Waals surface area (Å²) in [5.41, 5.74) is 6.03. The summed E-state index contributed by atoms with van der Waals surface area (Å²) in [6, 6.07) is 3.15. The van der Waals surface area contributed by atoms with Crippen LogP contribution >= 0.6 is 0 Å². The van der Waals surface area contributed by atoms with Crippen molar-refractivity contribution in [2.75, 3.05) is 12.8 Å². The number of nitrogens with two attached hydrogens (primary N) is 1. The van der Waals surface area contributed by atoms with Gasteiger partial charge in [-0.15, -0.1) is 0 Å². The van der Waals surface area contributed by atoms with Crippen LogP contribution < -0.4 is 11.1 Å². The second kappa shape index (κ2) is 4.00. The van der Waals surface area contributed by atoms with E-state index in [0.717, 1.165) is 0 Å². The number of hydrogen-bond donors (Lipinski definition) is 2. The number of nitrogen functional groups attached to an aromatic ring is 1. The number of aromatic nitrogens is 1. The van der Waals surface area contributed by atoms with Crippen LogP contribution in [-0.4, -0.2) is 23.9 Å². The Bertz CT molecular complexity index is 311. The average Bonchev–Trinajstić information content (AvgIpc) is 2.16. The van der Waals surface area contributed by atoms with Gasteiger partial charge in [-0.2, -0.15) is 0 Å². The summed E-state index contributed by atoms with van der Waals surface area (Å²) >= 11 is 0. The average molecular weight is 179 g/mol. The second-order valence-corrected chi connectivity index (χ2v) is 2.81. The van der Waals surface area contributed by atoms with Crippen LogP contribution in [0.4, 0.5) is 5.82 Å². The number of hydrogen-bond acceptors (Lipinski definition) is 4. The van der Waals surface area contributed by atoms with Gasteiger partial charge in [0.25, 0.3) is 0 Å². The van der Waals surface area contributed by atoms with E-state index in [1.807, 2.05) is 0 Å². The number of pyridine rings is 1. The first-order valence-corrected chi connectivity index (χ1v) is 4.08. The van der Waals surface area contributed by atoms with Crippen LogP contribution in [0.15, 0.2) is 18.3 Å². The molecule has 1 aromatic heterocycles. The van der Waals surface area contributed by atoms with Crippen molar-refractivity contribution in [2.45, 2.75) is 13.0 Å². The van der Waals surface area contributed by atoms with Crippen LogP contribution in [0.5, 0.6) is 0 Å². The number of nitrogens with one attached hydrogen (secondary N) is 1. The number of carbonyl (C=O) groups excluding carboxylic acids is 1. The normalized spacial score (nSPS) is 12.5. The summed E-state index contributed by atoms with van der Waals surface area (Å²) in [7, 11) is 1.73. The number of carbonyl (C=O) groups is 1. The summed E-state index contributed by atoms with van der Waals surface area (Å²) in [5, 5.41) is 2.86. The fourth-order valence-corrected chi connectivity index (χ4v) is 0.990. The third kappa shape index (κ3) is 2.03. The third-order valence-corrected chi connectivity index (χ3v) is 1.93. The van der Waals surface area contributed by atoms with Crippen molar-refractivity contribution in [1.29, 1.82) is 0 Å². The molecule has 0 aliphatic heterocycles. The van der Waals surface area contributed by atoms with Crippen molar-refractivity contribution >= 4 is 11.6 Å². The first-order valence-electron chi connectivity index (χ1n) is 4.08. The second-order valence-electron chi connectivity index (χ2n) is 2.81. The van der Waals surface area contributed by atoms with E-state index in [1.165, 1.54) is 0 Å². The van der Waals surface area contributed by atoms with Crippen molar-refractivity contribution in [3.05, 3.63) is 23.9 Å². The van der Waals surface area contributed by atoms with E-state index in [9.17, 15) is 4.79 Å². The fourth-order valence-electron chi connectivity index (χ4n) is 0.990. The Hall–Kier alpha value is -1.42. The van der Waals surface area contributed by atoms with E-state index in [1.54, 1.807) is 32.3 Å². The SMILES string of the molecule is CNC(C)C(=O)c1cccnc1N. The number of likely N-dealkylation sites (N-methyl/N-ethyl adjacent to an activating group) is 1. The van der Waals surface area contributed by atoms with E-state index >= 15 is 0 Å². The first-order chi connectivity index (χ1) is 6.16. The number of nitrogens with zero attached hydrogens (tertiary/aromatic N) is 1. The van der Waals surface area contributed by atoms with Gasteiger partial charge in [-0.05, 0) is 26.1 Å². The van der Waals surface area contributed by atoms with Gasteiger partial charge in [0.2, 0.25) is 0 Å². The summed E-state index contributed by atoms with van der Waals surface area (Å²) in [6.07, 6.45) is 1.57. The third-order valence-electron chi connectivity index (χ3n) is 1.93. The van der Waals surface area contributed by atoms with Gasteiger partial charge in [-0.25, -0.2) is 4.98 Å². The molecule has 1 aromatic rings. The molecule has 0 bridgehead atoms. The van der Waals surface area contributed by atoms with E-state index in [-0.39, 0.29) is 17.6 Å². The Labute approximate surface area is 77.2 Å². The highest BCUT2D eigenvalue weighted by molar-refractivity contribution is 6.03. The van der Waals surface area contributed by atoms with E-state index in [2.05, 4.69) is 10.3 Å². The van der Waals surface area contributed by atoms with Crippen LogP contribution in [0.1, 0.15) is 17.3 Å². The van der Waals surface area contributed by atoms with Crippen LogP contribution in [0.2, 0.25) is 0 Å². The van der Waals surface area contributed by atoms with Gasteiger partial charge < -0.3 is 11.1 Å². The van der Waals surface area contributed by atoms with E-state index in [0.29, 0.717) is 5.56 Å². The number of Topliss-reactive ketones (excluding diaryl/α,β-unsaturated/α-hetero) is 1. The molecule has 0 aromatic carbocycles. The lowest BCUT2D eigenvalue weighted by Gasteiger charge is -2.09. The topological polar surface area (TPSA) is 68.0 Å². The fraction of sp³-hybridized carbons (Fsp3) is 0.333. The molecule has 4 heteroatoms. The summed E-state index contributed by atoms with van der Waals surface area (Å²) < 4.78 is 0. The minimum atomic E-state index is -0.230. The van der Waals surface area contributed by atoms with Gasteiger partial charge in [0.05, 0.1) is 11.6 Å². The van der Waals surface area contributed by atoms with Gasteiger partial charge in [0.15, 0.2) is 5.78 Å². The number of anilines is 1. The maximum Gasteiger partial charge on any atom is 0.183 e. The largest absolute Gasteiger partial charge is 0.383 e. The molecule has 0 radical (unpaired) electrons. The predicted octanol–water partition coefficient (Wildman–Crippen LogP) is 0.454. The van der Waals surface area contributed by atoms with Crippen LogP contribution in [0.3, 0.4) is 0 Å². The molecule has 0 amide bonds. The van der Waals surface area contributed by atoms with Gasteiger partial charge in [0, 0.05) is 6.20 Å². The molecular weight excluding hydrogens is 166 g/mol. The molecule has 0 spiro atoms. The molecule has 0 saturated heterocycles. The highest BCUT2D eigenvalue weighted by Gasteiger charge is 2.15. The zero-order chi connectivity index (χ0) is 9.84. The highest BCUT2D eigenvalue weighted by atomic mass is 16.1. The zero-order valence-corrected chi connectivity index (χ0v) is 7.74. The molecule has 0 fully saturated rings. The first kappa shape index (κ1) is 9.67. The molecule has 3 N–H and O–H groups in total. The maximum absolute atomic E-state index is 11.6. The smallest absolute Gasteiger partial charge is 0.183 e. The van der Waals surface area contributed by atoms with Gasteiger partial charge in [0.1, 0.15) is 5.82 Å². The van der Waals surface area contributed by atoms with Gasteiger partial charge in [-0.3, -0.25) is 4.79 Å². The Morgan fingerprint density at radius 2 is 2.38 bits per heavy atom. The van der Waals surface area contributed by atoms with Crippen LogP contribution in [0, 0.1) is 0 Å². The lowest BCUT2D eigenvalue weighted by Crippen LogP contribution is -2.31. The van der Waals surface area contributed by atoms with Crippen LogP contribution in [-0.2, 0) is 0 Å². The molecule has 13 heavy (non-hydrogen) atoms. The van der Waals surface area contributed by atoms with E-state index in [4.69, 9.17) is 5.73 Å². The molecule has 4 nitrogen and oxygen atoms in total. The molecule has 1 rings (SSSR count). The maximum atomic E-state index is 11.6. The standard InChI is InChI=1S/C9H13N3O/c1-6(11-2)8(13)7-4-3-5-12-9(7)10/h3-6,11H,1-2H3,(H2,10,12). The molecule has 0 aliphatic rings. The van der Waals surface area contributed by atoms with Crippen molar-refractivity contribution in [2.24, 2.45) is 0 Å². The monoisotopic (exact) mass is 179 g/mol. The number of ketones is 1. The lowest BCUT2D eigenvalue weighted by molar-refractivity contribution is 0.0955. The minimum Gasteiger partial charge on any atom is -0.383 e. The van der Waals surface area contributed by atoms with Crippen molar-refractivity contribution < 1.29 is 4.79 Å². The zero-order valence-electron chi connectivity index (χ0n) is 7.74. The molecule has 1 unspecified atom stereocenters. The lowest BCUT2D eigenvalue weighted by atomic mass is 10.1. The van der Waals surface area contributed by atoms with Crippen molar-refractivity contribution in [3.63, 3.8) is 0 Å².